The number of rotatable bonds is 3. The standard InChI is InChI=1S/C15H21N3S/c1-10-7-12(11(2)19-10)8-16-14-5-4-6-15-13(14)9-17-18(15)3/h7,9,14,16H,4-6,8H2,1-3H3. The van der Waals surface area contributed by atoms with Crippen molar-refractivity contribution in [2.24, 2.45) is 7.05 Å². The molecule has 0 aliphatic heterocycles. The van der Waals surface area contributed by atoms with E-state index in [1.165, 1.54) is 45.8 Å². The monoisotopic (exact) mass is 275 g/mol. The lowest BCUT2D eigenvalue weighted by atomic mass is 9.93. The number of thiophene rings is 1. The second kappa shape index (κ2) is 5.10. The molecule has 3 rings (SSSR count). The quantitative estimate of drug-likeness (QED) is 0.931. The first kappa shape index (κ1) is 12.9. The Labute approximate surface area is 118 Å². The zero-order valence-electron chi connectivity index (χ0n) is 11.9. The summed E-state index contributed by atoms with van der Waals surface area (Å²) >= 11 is 1.89. The summed E-state index contributed by atoms with van der Waals surface area (Å²) in [7, 11) is 2.05. The molecule has 0 saturated carbocycles. The van der Waals surface area contributed by atoms with Gasteiger partial charge in [0.1, 0.15) is 0 Å². The molecule has 0 radical (unpaired) electrons. The highest BCUT2D eigenvalue weighted by Crippen LogP contribution is 2.30. The molecule has 19 heavy (non-hydrogen) atoms. The van der Waals surface area contributed by atoms with Crippen molar-refractivity contribution in [3.63, 3.8) is 0 Å². The molecular weight excluding hydrogens is 254 g/mol. The highest BCUT2D eigenvalue weighted by atomic mass is 32.1. The molecule has 0 spiro atoms. The minimum atomic E-state index is 0.469. The lowest BCUT2D eigenvalue weighted by Gasteiger charge is -2.24. The van der Waals surface area contributed by atoms with Crippen LogP contribution in [-0.4, -0.2) is 9.78 Å². The predicted octanol–water partition coefficient (Wildman–Crippen LogP) is 3.27. The number of nitrogens with zero attached hydrogens (tertiary/aromatic N) is 2. The van der Waals surface area contributed by atoms with Crippen LogP contribution in [0.2, 0.25) is 0 Å². The molecule has 2 aromatic heterocycles. The molecule has 4 heteroatoms. The second-order valence-corrected chi connectivity index (χ2v) is 6.89. The fourth-order valence-corrected chi connectivity index (χ4v) is 3.96. The van der Waals surface area contributed by atoms with Gasteiger partial charge in [0.05, 0.1) is 6.20 Å². The van der Waals surface area contributed by atoms with Crippen LogP contribution >= 0.6 is 11.3 Å². The molecule has 1 atom stereocenters. The van der Waals surface area contributed by atoms with Crippen molar-refractivity contribution in [3.8, 4) is 0 Å². The smallest absolute Gasteiger partial charge is 0.0540 e. The third kappa shape index (κ3) is 2.47. The summed E-state index contributed by atoms with van der Waals surface area (Å²) in [6.07, 6.45) is 5.69. The maximum atomic E-state index is 4.40. The number of aromatic nitrogens is 2. The van der Waals surface area contributed by atoms with Gasteiger partial charge in [0.2, 0.25) is 0 Å². The third-order valence-corrected chi connectivity index (χ3v) is 5.07. The van der Waals surface area contributed by atoms with Crippen LogP contribution in [-0.2, 0) is 20.0 Å². The van der Waals surface area contributed by atoms with Crippen molar-refractivity contribution in [1.29, 1.82) is 0 Å². The maximum absolute atomic E-state index is 4.40. The van der Waals surface area contributed by atoms with Gasteiger partial charge in [-0.2, -0.15) is 5.10 Å². The summed E-state index contributed by atoms with van der Waals surface area (Å²) in [6.45, 7) is 5.36. The number of aryl methyl sites for hydroxylation is 3. The molecule has 1 N–H and O–H groups in total. The van der Waals surface area contributed by atoms with Crippen molar-refractivity contribution in [2.45, 2.75) is 45.7 Å². The number of hydrogen-bond donors (Lipinski definition) is 1. The van der Waals surface area contributed by atoms with Gasteiger partial charge in [-0.25, -0.2) is 0 Å². The highest BCUT2D eigenvalue weighted by Gasteiger charge is 2.23. The Balaban J connectivity index is 1.73. The summed E-state index contributed by atoms with van der Waals surface area (Å²) in [4.78, 5) is 2.84. The van der Waals surface area contributed by atoms with Gasteiger partial charge >= 0.3 is 0 Å². The minimum Gasteiger partial charge on any atom is -0.306 e. The molecule has 2 heterocycles. The third-order valence-electron chi connectivity index (χ3n) is 4.06. The van der Waals surface area contributed by atoms with E-state index in [-0.39, 0.29) is 0 Å². The van der Waals surface area contributed by atoms with E-state index >= 15 is 0 Å². The SMILES string of the molecule is Cc1cc(CNC2CCCc3c2cnn3C)c(C)s1. The fraction of sp³-hybridized carbons (Fsp3) is 0.533. The first-order valence-electron chi connectivity index (χ1n) is 6.95. The summed E-state index contributed by atoms with van der Waals surface area (Å²) in [5.41, 5.74) is 4.25. The van der Waals surface area contributed by atoms with E-state index in [0.29, 0.717) is 6.04 Å². The van der Waals surface area contributed by atoms with E-state index in [1.54, 1.807) is 0 Å². The van der Waals surface area contributed by atoms with E-state index in [2.05, 4.69) is 30.3 Å². The van der Waals surface area contributed by atoms with Gasteiger partial charge in [0, 0.05) is 40.6 Å². The van der Waals surface area contributed by atoms with Crippen LogP contribution < -0.4 is 5.32 Å². The molecular formula is C15H21N3S. The molecule has 0 bridgehead atoms. The van der Waals surface area contributed by atoms with E-state index in [0.717, 1.165) is 6.54 Å². The van der Waals surface area contributed by atoms with Gasteiger partial charge in [-0.05, 0) is 44.7 Å². The molecule has 102 valence electrons. The molecule has 3 nitrogen and oxygen atoms in total. The number of hydrogen-bond acceptors (Lipinski definition) is 3. The first-order chi connectivity index (χ1) is 9.15. The van der Waals surface area contributed by atoms with Crippen LogP contribution in [0.4, 0.5) is 0 Å². The molecule has 0 aromatic carbocycles. The van der Waals surface area contributed by atoms with Crippen molar-refractivity contribution in [3.05, 3.63) is 38.8 Å². The van der Waals surface area contributed by atoms with E-state index in [4.69, 9.17) is 0 Å². The van der Waals surface area contributed by atoms with Gasteiger partial charge < -0.3 is 5.32 Å². The molecule has 1 unspecified atom stereocenters. The molecule has 0 fully saturated rings. The van der Waals surface area contributed by atoms with Gasteiger partial charge in [-0.3, -0.25) is 4.68 Å². The first-order valence-corrected chi connectivity index (χ1v) is 7.77. The lowest BCUT2D eigenvalue weighted by molar-refractivity contribution is 0.452. The van der Waals surface area contributed by atoms with Gasteiger partial charge in [0.25, 0.3) is 0 Å². The van der Waals surface area contributed by atoms with Crippen LogP contribution in [0.15, 0.2) is 12.3 Å². The van der Waals surface area contributed by atoms with Gasteiger partial charge in [-0.1, -0.05) is 0 Å². The van der Waals surface area contributed by atoms with Crippen molar-refractivity contribution in [1.82, 2.24) is 15.1 Å². The topological polar surface area (TPSA) is 29.9 Å². The van der Waals surface area contributed by atoms with Crippen LogP contribution in [0.25, 0.3) is 0 Å². The summed E-state index contributed by atoms with van der Waals surface area (Å²) < 4.78 is 2.03. The molecule has 1 aliphatic carbocycles. The number of nitrogens with one attached hydrogen (secondary N) is 1. The molecule has 2 aromatic rings. The van der Waals surface area contributed by atoms with Gasteiger partial charge in [-0.15, -0.1) is 11.3 Å². The zero-order chi connectivity index (χ0) is 13.4. The maximum Gasteiger partial charge on any atom is 0.0540 e. The Bertz CT molecular complexity index is 582. The van der Waals surface area contributed by atoms with Crippen LogP contribution in [0.5, 0.6) is 0 Å². The number of fused-ring (bicyclic) bond motifs is 1. The van der Waals surface area contributed by atoms with E-state index < -0.39 is 0 Å². The zero-order valence-corrected chi connectivity index (χ0v) is 12.7. The minimum absolute atomic E-state index is 0.469. The average Bonchev–Trinajstić information content (AvgIpc) is 2.91. The Hall–Kier alpha value is -1.13. The summed E-state index contributed by atoms with van der Waals surface area (Å²) in [6, 6.07) is 2.78. The molecule has 0 amide bonds. The summed E-state index contributed by atoms with van der Waals surface area (Å²) in [5, 5.41) is 8.12. The van der Waals surface area contributed by atoms with E-state index in [1.807, 2.05) is 29.3 Å². The van der Waals surface area contributed by atoms with Crippen LogP contribution in [0.1, 0.15) is 45.5 Å². The normalized spacial score (nSPS) is 18.6. The average molecular weight is 275 g/mol. The Morgan fingerprint density at radius 3 is 3.05 bits per heavy atom. The molecule has 0 saturated heterocycles. The van der Waals surface area contributed by atoms with Gasteiger partial charge in [0.15, 0.2) is 0 Å². The van der Waals surface area contributed by atoms with Crippen LogP contribution in [0.3, 0.4) is 0 Å². The van der Waals surface area contributed by atoms with Crippen molar-refractivity contribution >= 4 is 11.3 Å². The second-order valence-electron chi connectivity index (χ2n) is 5.43. The largest absolute Gasteiger partial charge is 0.306 e. The predicted molar refractivity (Wildman–Crippen MR) is 79.5 cm³/mol. The fourth-order valence-electron chi connectivity index (χ4n) is 3.01. The Morgan fingerprint density at radius 1 is 1.47 bits per heavy atom. The van der Waals surface area contributed by atoms with E-state index in [9.17, 15) is 0 Å². The van der Waals surface area contributed by atoms with Crippen LogP contribution in [0, 0.1) is 13.8 Å². The lowest BCUT2D eigenvalue weighted by Crippen LogP contribution is -2.25. The summed E-state index contributed by atoms with van der Waals surface area (Å²) in [5.74, 6) is 0. The highest BCUT2D eigenvalue weighted by molar-refractivity contribution is 7.12. The Morgan fingerprint density at radius 2 is 2.32 bits per heavy atom. The van der Waals surface area contributed by atoms with Crippen molar-refractivity contribution in [2.75, 3.05) is 0 Å². The Kier molecular flexibility index (Phi) is 3.46. The van der Waals surface area contributed by atoms with Crippen molar-refractivity contribution < 1.29 is 0 Å². The molecule has 1 aliphatic rings.